The number of piperidine rings is 1. The molecule has 3 N–H and O–H groups in total. The third-order valence-corrected chi connectivity index (χ3v) is 5.74. The molecule has 4 amide bonds. The first-order valence-corrected chi connectivity index (χ1v) is 9.21. The highest BCUT2D eigenvalue weighted by molar-refractivity contribution is 6.23. The highest BCUT2D eigenvalue weighted by atomic mass is 16.2. The van der Waals surface area contributed by atoms with Gasteiger partial charge in [-0.1, -0.05) is 0 Å². The van der Waals surface area contributed by atoms with Crippen molar-refractivity contribution in [2.75, 3.05) is 18.5 Å². The fourth-order valence-electron chi connectivity index (χ4n) is 4.02. The van der Waals surface area contributed by atoms with Gasteiger partial charge in [0.2, 0.25) is 11.8 Å². The maximum absolute atomic E-state index is 12.9. The Morgan fingerprint density at radius 3 is 2.48 bits per heavy atom. The van der Waals surface area contributed by atoms with Crippen molar-refractivity contribution in [2.45, 2.75) is 37.8 Å². The number of imide groups is 2. The topological polar surface area (TPSA) is 113 Å². The van der Waals surface area contributed by atoms with Crippen LogP contribution in [0.4, 0.5) is 5.69 Å². The van der Waals surface area contributed by atoms with E-state index in [1.54, 1.807) is 12.1 Å². The van der Waals surface area contributed by atoms with Gasteiger partial charge < -0.3 is 10.6 Å². The van der Waals surface area contributed by atoms with E-state index in [1.165, 1.54) is 0 Å². The highest BCUT2D eigenvalue weighted by Gasteiger charge is 2.45. The van der Waals surface area contributed by atoms with E-state index in [0.717, 1.165) is 23.4 Å². The number of carbonyl (C=O) groups excluding carboxylic acids is 4. The first-order chi connectivity index (χ1) is 12.9. The van der Waals surface area contributed by atoms with Crippen molar-refractivity contribution < 1.29 is 19.2 Å². The predicted octanol–water partition coefficient (Wildman–Crippen LogP) is 0.261. The van der Waals surface area contributed by atoms with Gasteiger partial charge in [-0.2, -0.15) is 0 Å². The number of likely N-dealkylation sites (N-methyl/N-ethyl adjacent to an activating group) is 1. The Balaban J connectivity index is 1.62. The SMILES string of the molecule is CN(c1ccc2c(c1)C(=O)N(C1CCC(=O)NC1=O)C2=O)C(CN)C1CC1. The molecule has 2 fully saturated rings. The number of benzene rings is 1. The van der Waals surface area contributed by atoms with Gasteiger partial charge >= 0.3 is 0 Å². The molecule has 27 heavy (non-hydrogen) atoms. The molecule has 0 spiro atoms. The molecule has 2 atom stereocenters. The zero-order valence-electron chi connectivity index (χ0n) is 15.1. The summed E-state index contributed by atoms with van der Waals surface area (Å²) in [6, 6.07) is 4.39. The number of nitrogens with two attached hydrogens (primary N) is 1. The van der Waals surface area contributed by atoms with Gasteiger partial charge in [0.05, 0.1) is 11.1 Å². The first kappa shape index (κ1) is 17.7. The van der Waals surface area contributed by atoms with Gasteiger partial charge in [0.15, 0.2) is 0 Å². The zero-order valence-corrected chi connectivity index (χ0v) is 15.1. The average Bonchev–Trinajstić information content (AvgIpc) is 3.44. The van der Waals surface area contributed by atoms with Crippen molar-refractivity contribution in [1.29, 1.82) is 0 Å². The number of nitrogens with zero attached hydrogens (tertiary/aromatic N) is 2. The summed E-state index contributed by atoms with van der Waals surface area (Å²) in [4.78, 5) is 52.1. The normalized spacial score (nSPS) is 23.3. The summed E-state index contributed by atoms with van der Waals surface area (Å²) in [6.45, 7) is 0.521. The number of fused-ring (bicyclic) bond motifs is 1. The van der Waals surface area contributed by atoms with Crippen LogP contribution in [0.5, 0.6) is 0 Å². The minimum absolute atomic E-state index is 0.109. The van der Waals surface area contributed by atoms with Gasteiger partial charge in [-0.25, -0.2) is 0 Å². The Kier molecular flexibility index (Phi) is 4.22. The third-order valence-electron chi connectivity index (χ3n) is 5.74. The number of hydrogen-bond donors (Lipinski definition) is 2. The number of nitrogens with one attached hydrogen (secondary N) is 1. The van der Waals surface area contributed by atoms with Crippen LogP contribution in [0.15, 0.2) is 18.2 Å². The molecule has 0 aromatic heterocycles. The van der Waals surface area contributed by atoms with Gasteiger partial charge in [-0.05, 0) is 43.4 Å². The Morgan fingerprint density at radius 1 is 1.15 bits per heavy atom. The quantitative estimate of drug-likeness (QED) is 0.719. The van der Waals surface area contributed by atoms with E-state index in [2.05, 4.69) is 10.2 Å². The summed E-state index contributed by atoms with van der Waals surface area (Å²) >= 11 is 0. The molecule has 1 aromatic carbocycles. The molecule has 2 heterocycles. The second kappa shape index (κ2) is 6.45. The summed E-state index contributed by atoms with van der Waals surface area (Å²) < 4.78 is 0. The molecule has 2 aliphatic heterocycles. The van der Waals surface area contributed by atoms with Crippen molar-refractivity contribution >= 4 is 29.3 Å². The van der Waals surface area contributed by atoms with Crippen molar-refractivity contribution in [3.8, 4) is 0 Å². The van der Waals surface area contributed by atoms with Crippen molar-refractivity contribution in [1.82, 2.24) is 10.2 Å². The fraction of sp³-hybridized carbons (Fsp3) is 0.474. The molecule has 3 aliphatic rings. The number of rotatable bonds is 5. The van der Waals surface area contributed by atoms with E-state index in [-0.39, 0.29) is 30.4 Å². The number of carbonyl (C=O) groups is 4. The smallest absolute Gasteiger partial charge is 0.262 e. The van der Waals surface area contributed by atoms with E-state index in [0.29, 0.717) is 18.0 Å². The van der Waals surface area contributed by atoms with Crippen LogP contribution in [0.2, 0.25) is 0 Å². The summed E-state index contributed by atoms with van der Waals surface area (Å²) in [5, 5.41) is 2.20. The van der Waals surface area contributed by atoms with Gasteiger partial charge in [0.25, 0.3) is 11.8 Å². The molecule has 0 radical (unpaired) electrons. The number of anilines is 1. The van der Waals surface area contributed by atoms with Crippen molar-refractivity contribution in [3.05, 3.63) is 29.3 Å². The fourth-order valence-corrected chi connectivity index (χ4v) is 4.02. The molecular weight excluding hydrogens is 348 g/mol. The lowest BCUT2D eigenvalue weighted by Gasteiger charge is -2.29. The summed E-state index contributed by atoms with van der Waals surface area (Å²) in [7, 11) is 1.94. The lowest BCUT2D eigenvalue weighted by Crippen LogP contribution is -2.54. The Labute approximate surface area is 156 Å². The third kappa shape index (κ3) is 2.90. The molecule has 2 unspecified atom stereocenters. The maximum atomic E-state index is 12.9. The second-order valence-corrected chi connectivity index (χ2v) is 7.43. The van der Waals surface area contributed by atoms with Crippen molar-refractivity contribution in [2.24, 2.45) is 11.7 Å². The van der Waals surface area contributed by atoms with Gasteiger partial charge in [0, 0.05) is 31.7 Å². The van der Waals surface area contributed by atoms with Crippen LogP contribution in [-0.2, 0) is 9.59 Å². The van der Waals surface area contributed by atoms with Gasteiger partial charge in [-0.15, -0.1) is 0 Å². The summed E-state index contributed by atoms with van der Waals surface area (Å²) in [5.41, 5.74) is 7.32. The molecule has 142 valence electrons. The predicted molar refractivity (Wildman–Crippen MR) is 97.1 cm³/mol. The monoisotopic (exact) mass is 370 g/mol. The standard InChI is InChI=1S/C19H22N4O4/c1-22(15(9-20)10-2-3-10)11-4-5-12-13(8-11)19(27)23(18(12)26)14-6-7-16(24)21-17(14)25/h4-5,8,10,14-15H,2-3,6-7,9,20H2,1H3,(H,21,24,25). The van der Waals surface area contributed by atoms with E-state index >= 15 is 0 Å². The molecule has 1 saturated carbocycles. The van der Waals surface area contributed by atoms with Crippen LogP contribution in [-0.4, -0.2) is 54.2 Å². The summed E-state index contributed by atoms with van der Waals surface area (Å²) in [5.74, 6) is -1.41. The largest absolute Gasteiger partial charge is 0.370 e. The highest BCUT2D eigenvalue weighted by Crippen LogP contribution is 2.37. The summed E-state index contributed by atoms with van der Waals surface area (Å²) in [6.07, 6.45) is 2.56. The van der Waals surface area contributed by atoms with Crippen LogP contribution >= 0.6 is 0 Å². The lowest BCUT2D eigenvalue weighted by atomic mass is 10.0. The zero-order chi connectivity index (χ0) is 19.3. The van der Waals surface area contributed by atoms with Crippen LogP contribution in [0.3, 0.4) is 0 Å². The van der Waals surface area contributed by atoms with Gasteiger partial charge in [-0.3, -0.25) is 29.4 Å². The van der Waals surface area contributed by atoms with Crippen molar-refractivity contribution in [3.63, 3.8) is 0 Å². The molecule has 8 heteroatoms. The Bertz CT molecular complexity index is 848. The number of hydrogen-bond acceptors (Lipinski definition) is 6. The molecule has 1 saturated heterocycles. The molecule has 8 nitrogen and oxygen atoms in total. The Hall–Kier alpha value is -2.74. The minimum atomic E-state index is -0.945. The second-order valence-electron chi connectivity index (χ2n) is 7.43. The first-order valence-electron chi connectivity index (χ1n) is 9.21. The number of amides is 4. The molecule has 4 rings (SSSR count). The minimum Gasteiger partial charge on any atom is -0.370 e. The lowest BCUT2D eigenvalue weighted by molar-refractivity contribution is -0.136. The molecule has 1 aromatic rings. The van der Waals surface area contributed by atoms with E-state index in [1.807, 2.05) is 13.1 Å². The molecule has 0 bridgehead atoms. The average molecular weight is 370 g/mol. The molecule has 1 aliphatic carbocycles. The van der Waals surface area contributed by atoms with Crippen LogP contribution in [0.1, 0.15) is 46.4 Å². The van der Waals surface area contributed by atoms with E-state index < -0.39 is 23.8 Å². The van der Waals surface area contributed by atoms with E-state index in [9.17, 15) is 19.2 Å². The van der Waals surface area contributed by atoms with E-state index in [4.69, 9.17) is 5.73 Å². The van der Waals surface area contributed by atoms with Crippen LogP contribution < -0.4 is 16.0 Å². The van der Waals surface area contributed by atoms with Crippen LogP contribution in [0.25, 0.3) is 0 Å². The Morgan fingerprint density at radius 2 is 1.85 bits per heavy atom. The molecular formula is C19H22N4O4. The van der Waals surface area contributed by atoms with Crippen LogP contribution in [0, 0.1) is 5.92 Å². The van der Waals surface area contributed by atoms with Gasteiger partial charge in [0.1, 0.15) is 6.04 Å². The maximum Gasteiger partial charge on any atom is 0.262 e.